The standard InChI is InChI=1S/C14H12N2O2.CH3.Pd/c17-15-13-7-3-1-5-11(13)9-10-12-6-2-4-8-14(12)16(15)18;;/h1-8H,9-10H2;1H3;/q;-1;/b16-15-;;. The summed E-state index contributed by atoms with van der Waals surface area (Å²) in [6.07, 6.45) is 1.53. The molecule has 0 amide bonds. The van der Waals surface area contributed by atoms with Gasteiger partial charge in [0.2, 0.25) is 0 Å². The van der Waals surface area contributed by atoms with Gasteiger partial charge in [-0.15, -0.1) is 0 Å². The van der Waals surface area contributed by atoms with Crippen LogP contribution in [0.4, 0.5) is 11.4 Å². The van der Waals surface area contributed by atoms with Crippen LogP contribution in [0, 0.1) is 17.8 Å². The number of rotatable bonds is 0. The maximum atomic E-state index is 12.1. The van der Waals surface area contributed by atoms with E-state index >= 15 is 0 Å². The van der Waals surface area contributed by atoms with Gasteiger partial charge in [-0.2, -0.15) is 0 Å². The minimum Gasteiger partial charge on any atom is -0.561 e. The zero-order chi connectivity index (χ0) is 12.5. The Kier molecular flexibility index (Phi) is 5.44. The second kappa shape index (κ2) is 6.65. The van der Waals surface area contributed by atoms with Crippen molar-refractivity contribution in [1.82, 2.24) is 0 Å². The first-order chi connectivity index (χ1) is 8.77. The van der Waals surface area contributed by atoms with Crippen LogP contribution in [0.1, 0.15) is 11.1 Å². The van der Waals surface area contributed by atoms with E-state index in [1.54, 1.807) is 24.3 Å². The quantitative estimate of drug-likeness (QED) is 0.311. The van der Waals surface area contributed by atoms with Crippen LogP contribution in [0.25, 0.3) is 0 Å². The van der Waals surface area contributed by atoms with Crippen LogP contribution in [-0.4, -0.2) is 9.72 Å². The summed E-state index contributed by atoms with van der Waals surface area (Å²) >= 11 is 0. The molecule has 0 N–H and O–H groups in total. The second-order valence-corrected chi connectivity index (χ2v) is 4.30. The Morgan fingerprint density at radius 2 is 1.05 bits per heavy atom. The van der Waals surface area contributed by atoms with E-state index in [1.807, 2.05) is 24.3 Å². The van der Waals surface area contributed by atoms with Gasteiger partial charge in [0, 0.05) is 43.7 Å². The van der Waals surface area contributed by atoms with Gasteiger partial charge in [0.15, 0.2) is 0 Å². The minimum absolute atomic E-state index is 0. The molecular weight excluding hydrogens is 347 g/mol. The number of hydrogen-bond donors (Lipinski definition) is 0. The predicted octanol–water partition coefficient (Wildman–Crippen LogP) is 3.67. The van der Waals surface area contributed by atoms with Crippen LogP contribution in [0.5, 0.6) is 0 Å². The van der Waals surface area contributed by atoms with Gasteiger partial charge >= 0.3 is 0 Å². The Hall–Kier alpha value is -1.70. The van der Waals surface area contributed by atoms with Crippen LogP contribution in [0.3, 0.4) is 0 Å². The molecule has 108 valence electrons. The fourth-order valence-corrected chi connectivity index (χ4v) is 2.28. The normalized spacial score (nSPS) is 16.6. The Bertz CT molecular complexity index is 586. The number of benzene rings is 2. The van der Waals surface area contributed by atoms with Crippen molar-refractivity contribution in [3.05, 3.63) is 77.5 Å². The van der Waals surface area contributed by atoms with Gasteiger partial charge in [-0.3, -0.25) is 0 Å². The molecule has 1 aliphatic heterocycles. The summed E-state index contributed by atoms with van der Waals surface area (Å²) in [7, 11) is 0. The number of aryl methyl sites for hydroxylation is 2. The predicted molar refractivity (Wildman–Crippen MR) is 73.3 cm³/mol. The van der Waals surface area contributed by atoms with E-state index in [0.717, 1.165) is 24.0 Å². The summed E-state index contributed by atoms with van der Waals surface area (Å²) in [6.45, 7) is 0. The van der Waals surface area contributed by atoms with Crippen LogP contribution < -0.4 is 0 Å². The SMILES string of the molecule is [CH3-].[O-]/[N+]1=[N+](\[O-])c2ccccc2CCc2ccccc21.[Pd]. The van der Waals surface area contributed by atoms with E-state index in [2.05, 4.69) is 0 Å². The number of hydrogen-bond acceptors (Lipinski definition) is 2. The van der Waals surface area contributed by atoms with E-state index in [9.17, 15) is 10.4 Å². The minimum atomic E-state index is 0. The molecule has 2 aromatic rings. The third kappa shape index (κ3) is 2.74. The first-order valence-electron chi connectivity index (χ1n) is 5.87. The molecule has 2 aromatic carbocycles. The molecule has 5 heteroatoms. The Morgan fingerprint density at radius 3 is 1.45 bits per heavy atom. The van der Waals surface area contributed by atoms with Crippen LogP contribution in [0.2, 0.25) is 0 Å². The van der Waals surface area contributed by atoms with Crippen molar-refractivity contribution in [2.24, 2.45) is 0 Å². The van der Waals surface area contributed by atoms with Crippen LogP contribution >= 0.6 is 0 Å². The van der Waals surface area contributed by atoms with Gasteiger partial charge < -0.3 is 17.8 Å². The summed E-state index contributed by atoms with van der Waals surface area (Å²) in [6, 6.07) is 14.5. The van der Waals surface area contributed by atoms with E-state index < -0.39 is 0 Å². The summed E-state index contributed by atoms with van der Waals surface area (Å²) in [5.41, 5.74) is 2.68. The Labute approximate surface area is 132 Å². The second-order valence-electron chi connectivity index (χ2n) is 4.30. The van der Waals surface area contributed by atoms with Gasteiger partial charge in [-0.1, -0.05) is 36.4 Å². The monoisotopic (exact) mass is 361 g/mol. The van der Waals surface area contributed by atoms with Gasteiger partial charge in [-0.25, -0.2) is 0 Å². The molecule has 0 bridgehead atoms. The molecule has 0 saturated heterocycles. The maximum Gasteiger partial charge on any atom is 0.290 e. The molecule has 0 saturated carbocycles. The van der Waals surface area contributed by atoms with Crippen molar-refractivity contribution in [3.63, 3.8) is 0 Å². The van der Waals surface area contributed by atoms with Crippen molar-refractivity contribution in [2.45, 2.75) is 12.8 Å². The van der Waals surface area contributed by atoms with E-state index in [-0.39, 0.29) is 27.8 Å². The zero-order valence-electron chi connectivity index (χ0n) is 11.1. The molecule has 1 heterocycles. The van der Waals surface area contributed by atoms with Crippen molar-refractivity contribution in [3.8, 4) is 0 Å². The largest absolute Gasteiger partial charge is 0.561 e. The average molecular weight is 362 g/mol. The molecule has 0 unspecified atom stereocenters. The fourth-order valence-electron chi connectivity index (χ4n) is 2.28. The zero-order valence-corrected chi connectivity index (χ0v) is 12.6. The van der Waals surface area contributed by atoms with Crippen molar-refractivity contribution in [2.75, 3.05) is 0 Å². The maximum absolute atomic E-state index is 12.1. The first kappa shape index (κ1) is 16.4. The number of azo groups is 1. The molecule has 0 radical (unpaired) electrons. The Morgan fingerprint density at radius 1 is 0.700 bits per heavy atom. The summed E-state index contributed by atoms with van der Waals surface area (Å²) < 4.78 is 0. The molecular formula is C15H15N2O2Pd-. The third-order valence-corrected chi connectivity index (χ3v) is 3.22. The van der Waals surface area contributed by atoms with Gasteiger partial charge in [-0.05, 0) is 12.8 Å². The van der Waals surface area contributed by atoms with Crippen LogP contribution in [-0.2, 0) is 33.3 Å². The fraction of sp³-hybridized carbons (Fsp3) is 0.133. The average Bonchev–Trinajstić information content (AvgIpc) is 2.43. The summed E-state index contributed by atoms with van der Waals surface area (Å²) in [5, 5.41) is 24.2. The molecule has 3 rings (SSSR count). The molecule has 0 atom stereocenters. The first-order valence-corrected chi connectivity index (χ1v) is 5.87. The molecule has 0 aromatic heterocycles. The molecule has 4 nitrogen and oxygen atoms in total. The number of nitrogens with zero attached hydrogens (tertiary/aromatic N) is 2. The molecule has 0 spiro atoms. The topological polar surface area (TPSA) is 52.1 Å². The third-order valence-electron chi connectivity index (χ3n) is 3.22. The summed E-state index contributed by atoms with van der Waals surface area (Å²) in [5.74, 6) is 0. The molecule has 1 aliphatic rings. The van der Waals surface area contributed by atoms with Crippen molar-refractivity contribution < 1.29 is 30.1 Å². The molecule has 20 heavy (non-hydrogen) atoms. The smallest absolute Gasteiger partial charge is 0.290 e. The molecule has 0 aliphatic carbocycles. The van der Waals surface area contributed by atoms with Gasteiger partial charge in [0.1, 0.15) is 0 Å². The van der Waals surface area contributed by atoms with Crippen LogP contribution in [0.15, 0.2) is 48.5 Å². The van der Waals surface area contributed by atoms with Crippen molar-refractivity contribution in [1.29, 1.82) is 0 Å². The van der Waals surface area contributed by atoms with Gasteiger partial charge in [0.05, 0.1) is 9.72 Å². The van der Waals surface area contributed by atoms with Gasteiger partial charge in [0.25, 0.3) is 11.4 Å². The molecule has 0 fully saturated rings. The van der Waals surface area contributed by atoms with E-state index in [4.69, 9.17) is 0 Å². The number of para-hydroxylation sites is 2. The van der Waals surface area contributed by atoms with E-state index in [0.29, 0.717) is 21.1 Å². The summed E-state index contributed by atoms with van der Waals surface area (Å²) in [4.78, 5) is 0.848. The number of fused-ring (bicyclic) bond motifs is 2. The van der Waals surface area contributed by atoms with E-state index in [1.165, 1.54) is 0 Å². The Balaban J connectivity index is 0.000001000. The van der Waals surface area contributed by atoms with Crippen molar-refractivity contribution >= 4 is 11.4 Å².